The van der Waals surface area contributed by atoms with Crippen LogP contribution in [0.2, 0.25) is 0 Å². The molecule has 0 radical (unpaired) electrons. The monoisotopic (exact) mass is 588 g/mol. The van der Waals surface area contributed by atoms with Crippen molar-refractivity contribution >= 4 is 34.0 Å². The zero-order chi connectivity index (χ0) is 27.5. The van der Waals surface area contributed by atoms with Gasteiger partial charge in [0.05, 0.1) is 18.9 Å². The van der Waals surface area contributed by atoms with Crippen LogP contribution in [0.3, 0.4) is 0 Å². The lowest BCUT2D eigenvalue weighted by molar-refractivity contribution is -0.123. The Kier molecular flexibility index (Phi) is 9.68. The number of nitrogens with zero attached hydrogens (tertiary/aromatic N) is 1. The van der Waals surface area contributed by atoms with Crippen LogP contribution in [0.5, 0.6) is 23.0 Å². The number of ether oxygens (including phenoxy) is 4. The van der Waals surface area contributed by atoms with Gasteiger partial charge in [-0.05, 0) is 71.8 Å². The molecule has 4 aromatic carbocycles. The van der Waals surface area contributed by atoms with E-state index in [2.05, 4.69) is 26.5 Å². The molecule has 198 valence electrons. The quantitative estimate of drug-likeness (QED) is 0.103. The first-order valence-electron chi connectivity index (χ1n) is 11.9. The summed E-state index contributed by atoms with van der Waals surface area (Å²) in [6.07, 6.45) is 1.44. The van der Waals surface area contributed by atoms with Gasteiger partial charge in [0, 0.05) is 4.47 Å². The number of carbonyl (C=O) groups excluding carboxylic acids is 2. The summed E-state index contributed by atoms with van der Waals surface area (Å²) in [4.78, 5) is 24.6. The van der Waals surface area contributed by atoms with Gasteiger partial charge < -0.3 is 18.9 Å². The Labute approximate surface area is 234 Å². The Balaban J connectivity index is 1.24. The number of carbonyl (C=O) groups is 2. The number of esters is 1. The van der Waals surface area contributed by atoms with Crippen molar-refractivity contribution < 1.29 is 28.5 Å². The van der Waals surface area contributed by atoms with E-state index in [0.29, 0.717) is 35.0 Å². The number of nitrogens with one attached hydrogen (secondary N) is 1. The zero-order valence-corrected chi connectivity index (χ0v) is 22.6. The van der Waals surface area contributed by atoms with Crippen molar-refractivity contribution in [3.05, 3.63) is 118 Å². The standard InChI is InChI=1S/C30H25BrN2O6/c1-36-28-16-22(10-15-27(28)39-30(35)23-8-5-9-24(31)17-23)18-32-33-29(34)20-38-26-13-11-25(12-14-26)37-19-21-6-3-2-4-7-21/h2-18H,19-20H2,1H3,(H,33,34)/b32-18-. The van der Waals surface area contributed by atoms with Gasteiger partial charge in [0.25, 0.3) is 5.91 Å². The SMILES string of the molecule is COc1cc(/C=N\NC(=O)COc2ccc(OCc3ccccc3)cc2)ccc1OC(=O)c1cccc(Br)c1. The van der Waals surface area contributed by atoms with Crippen molar-refractivity contribution in [1.29, 1.82) is 0 Å². The summed E-state index contributed by atoms with van der Waals surface area (Å²) in [7, 11) is 1.47. The van der Waals surface area contributed by atoms with E-state index < -0.39 is 11.9 Å². The number of amides is 1. The average molecular weight is 589 g/mol. The molecule has 0 bridgehead atoms. The first-order chi connectivity index (χ1) is 19.0. The molecule has 0 fully saturated rings. The van der Waals surface area contributed by atoms with Gasteiger partial charge in [0.1, 0.15) is 18.1 Å². The fourth-order valence-corrected chi connectivity index (χ4v) is 3.76. The predicted molar refractivity (Wildman–Crippen MR) is 151 cm³/mol. The summed E-state index contributed by atoms with van der Waals surface area (Å²) in [6, 6.07) is 28.7. The Hall–Kier alpha value is -4.63. The molecule has 0 saturated carbocycles. The van der Waals surface area contributed by atoms with Crippen LogP contribution in [0, 0.1) is 0 Å². The number of hydrazone groups is 1. The highest BCUT2D eigenvalue weighted by molar-refractivity contribution is 9.10. The maximum Gasteiger partial charge on any atom is 0.343 e. The lowest BCUT2D eigenvalue weighted by Gasteiger charge is -2.10. The summed E-state index contributed by atoms with van der Waals surface area (Å²) in [5.74, 6) is 0.880. The molecule has 0 unspecified atom stereocenters. The first kappa shape index (κ1) is 27.4. The third-order valence-corrected chi connectivity index (χ3v) is 5.79. The van der Waals surface area contributed by atoms with Crippen molar-refractivity contribution in [2.75, 3.05) is 13.7 Å². The highest BCUT2D eigenvalue weighted by Crippen LogP contribution is 2.28. The number of rotatable bonds is 11. The highest BCUT2D eigenvalue weighted by Gasteiger charge is 2.13. The van der Waals surface area contributed by atoms with Crippen molar-refractivity contribution in [1.82, 2.24) is 5.43 Å². The highest BCUT2D eigenvalue weighted by atomic mass is 79.9. The van der Waals surface area contributed by atoms with Gasteiger partial charge in [0.15, 0.2) is 18.1 Å². The Bertz CT molecular complexity index is 1440. The summed E-state index contributed by atoms with van der Waals surface area (Å²) in [6.45, 7) is 0.252. The van der Waals surface area contributed by atoms with E-state index in [-0.39, 0.29) is 12.4 Å². The van der Waals surface area contributed by atoms with Crippen LogP contribution in [0.4, 0.5) is 0 Å². The fraction of sp³-hybridized carbons (Fsp3) is 0.100. The minimum Gasteiger partial charge on any atom is -0.493 e. The molecule has 0 aliphatic rings. The van der Waals surface area contributed by atoms with Crippen LogP contribution in [-0.2, 0) is 11.4 Å². The second kappa shape index (κ2) is 13.8. The van der Waals surface area contributed by atoms with Gasteiger partial charge in [-0.1, -0.05) is 52.3 Å². The summed E-state index contributed by atoms with van der Waals surface area (Å²) in [5.41, 5.74) is 4.51. The van der Waals surface area contributed by atoms with Crippen LogP contribution in [-0.4, -0.2) is 31.8 Å². The molecule has 0 spiro atoms. The number of halogens is 1. The molecule has 0 aromatic heterocycles. The first-order valence-corrected chi connectivity index (χ1v) is 12.7. The number of benzene rings is 4. The van der Waals surface area contributed by atoms with Crippen LogP contribution in [0.15, 0.2) is 107 Å². The van der Waals surface area contributed by atoms with Crippen LogP contribution in [0.25, 0.3) is 0 Å². The van der Waals surface area contributed by atoms with Crippen molar-refractivity contribution in [3.8, 4) is 23.0 Å². The van der Waals surface area contributed by atoms with Gasteiger partial charge >= 0.3 is 5.97 Å². The Morgan fingerprint density at radius 2 is 1.59 bits per heavy atom. The number of hydrogen-bond donors (Lipinski definition) is 1. The molecule has 0 aliphatic carbocycles. The third kappa shape index (κ3) is 8.44. The molecule has 8 nitrogen and oxygen atoms in total. The molecule has 4 rings (SSSR count). The zero-order valence-electron chi connectivity index (χ0n) is 21.0. The lowest BCUT2D eigenvalue weighted by Crippen LogP contribution is -2.24. The van der Waals surface area contributed by atoms with E-state index in [1.165, 1.54) is 13.3 Å². The van der Waals surface area contributed by atoms with Gasteiger partial charge in [0.2, 0.25) is 0 Å². The van der Waals surface area contributed by atoms with E-state index in [4.69, 9.17) is 18.9 Å². The van der Waals surface area contributed by atoms with E-state index in [1.807, 2.05) is 36.4 Å². The maximum absolute atomic E-state index is 12.4. The van der Waals surface area contributed by atoms with Crippen molar-refractivity contribution in [2.45, 2.75) is 6.61 Å². The number of hydrogen-bond acceptors (Lipinski definition) is 7. The van der Waals surface area contributed by atoms with E-state index in [0.717, 1.165) is 10.0 Å². The van der Waals surface area contributed by atoms with E-state index in [1.54, 1.807) is 60.7 Å². The molecule has 0 aliphatic heterocycles. The third-order valence-electron chi connectivity index (χ3n) is 5.30. The molecule has 0 heterocycles. The molecule has 39 heavy (non-hydrogen) atoms. The topological polar surface area (TPSA) is 95.5 Å². The van der Waals surface area contributed by atoms with Gasteiger partial charge in [-0.2, -0.15) is 5.10 Å². The second-order valence-electron chi connectivity index (χ2n) is 8.14. The van der Waals surface area contributed by atoms with Gasteiger partial charge in [-0.25, -0.2) is 10.2 Å². The predicted octanol–water partition coefficient (Wildman–Crippen LogP) is 5.79. The molecule has 4 aromatic rings. The van der Waals surface area contributed by atoms with Crippen LogP contribution < -0.4 is 24.4 Å². The van der Waals surface area contributed by atoms with Crippen molar-refractivity contribution in [2.24, 2.45) is 5.10 Å². The van der Waals surface area contributed by atoms with Gasteiger partial charge in [-0.3, -0.25) is 4.79 Å². The summed E-state index contributed by atoms with van der Waals surface area (Å²) >= 11 is 3.33. The Morgan fingerprint density at radius 3 is 2.31 bits per heavy atom. The average Bonchev–Trinajstić information content (AvgIpc) is 2.96. The Morgan fingerprint density at radius 1 is 0.846 bits per heavy atom. The van der Waals surface area contributed by atoms with Gasteiger partial charge in [-0.15, -0.1) is 0 Å². The summed E-state index contributed by atoms with van der Waals surface area (Å²) in [5, 5.41) is 3.95. The molecule has 9 heteroatoms. The van der Waals surface area contributed by atoms with E-state index >= 15 is 0 Å². The minimum absolute atomic E-state index is 0.213. The second-order valence-corrected chi connectivity index (χ2v) is 9.05. The summed E-state index contributed by atoms with van der Waals surface area (Å²) < 4.78 is 22.8. The molecule has 0 atom stereocenters. The van der Waals surface area contributed by atoms with Crippen molar-refractivity contribution in [3.63, 3.8) is 0 Å². The van der Waals surface area contributed by atoms with E-state index in [9.17, 15) is 9.59 Å². The lowest BCUT2D eigenvalue weighted by atomic mass is 10.2. The number of methoxy groups -OCH3 is 1. The molecule has 1 amide bonds. The fourth-order valence-electron chi connectivity index (χ4n) is 3.36. The largest absolute Gasteiger partial charge is 0.493 e. The minimum atomic E-state index is -0.516. The van der Waals surface area contributed by atoms with Crippen LogP contribution in [0.1, 0.15) is 21.5 Å². The molecular weight excluding hydrogens is 564 g/mol. The smallest absolute Gasteiger partial charge is 0.343 e. The maximum atomic E-state index is 12.4. The molecule has 1 N–H and O–H groups in total. The van der Waals surface area contributed by atoms with Crippen LogP contribution >= 0.6 is 15.9 Å². The molecular formula is C30H25BrN2O6. The molecule has 0 saturated heterocycles. The normalized spacial score (nSPS) is 10.6.